The molecule has 0 bridgehead atoms. The Morgan fingerprint density at radius 1 is 1.26 bits per heavy atom. The van der Waals surface area contributed by atoms with Crippen molar-refractivity contribution in [2.24, 2.45) is 7.05 Å². The SMILES string of the molecule is CCCCCC(C)n1c(N)nc2c(CC)nn(C)c21. The Balaban J connectivity index is 2.36. The fourth-order valence-corrected chi connectivity index (χ4v) is 2.71. The van der Waals surface area contributed by atoms with Crippen LogP contribution in [-0.4, -0.2) is 19.3 Å². The Labute approximate surface area is 114 Å². The lowest BCUT2D eigenvalue weighted by Gasteiger charge is -2.15. The van der Waals surface area contributed by atoms with Gasteiger partial charge in [-0.2, -0.15) is 5.10 Å². The predicted octanol–water partition coefficient (Wildman–Crippen LogP) is 3.06. The molecule has 0 saturated heterocycles. The number of aryl methyl sites for hydroxylation is 2. The van der Waals surface area contributed by atoms with E-state index >= 15 is 0 Å². The number of unbranched alkanes of at least 4 members (excludes halogenated alkanes) is 2. The molecule has 0 aliphatic carbocycles. The molecule has 5 heteroatoms. The Morgan fingerprint density at radius 3 is 2.63 bits per heavy atom. The van der Waals surface area contributed by atoms with E-state index in [0.29, 0.717) is 12.0 Å². The van der Waals surface area contributed by atoms with E-state index < -0.39 is 0 Å². The molecular weight excluding hydrogens is 238 g/mol. The number of nitrogen functional groups attached to an aromatic ring is 1. The van der Waals surface area contributed by atoms with Gasteiger partial charge in [-0.15, -0.1) is 0 Å². The first-order valence-corrected chi connectivity index (χ1v) is 7.29. The Bertz CT molecular complexity index is 552. The zero-order valence-corrected chi connectivity index (χ0v) is 12.5. The number of nitrogens with two attached hydrogens (primary N) is 1. The Morgan fingerprint density at radius 2 is 2.00 bits per heavy atom. The molecule has 1 atom stereocenters. The van der Waals surface area contributed by atoms with E-state index in [2.05, 4.69) is 35.4 Å². The van der Waals surface area contributed by atoms with Crippen LogP contribution in [0.15, 0.2) is 0 Å². The number of nitrogens with zero attached hydrogens (tertiary/aromatic N) is 4. The van der Waals surface area contributed by atoms with Crippen molar-refractivity contribution in [1.29, 1.82) is 0 Å². The molecule has 2 N–H and O–H groups in total. The average molecular weight is 263 g/mol. The molecule has 19 heavy (non-hydrogen) atoms. The summed E-state index contributed by atoms with van der Waals surface area (Å²) in [6, 6.07) is 0.372. The van der Waals surface area contributed by atoms with Crippen LogP contribution >= 0.6 is 0 Å². The zero-order valence-electron chi connectivity index (χ0n) is 12.5. The van der Waals surface area contributed by atoms with Gasteiger partial charge in [0.05, 0.1) is 5.69 Å². The Kier molecular flexibility index (Phi) is 4.12. The van der Waals surface area contributed by atoms with Crippen molar-refractivity contribution >= 4 is 17.1 Å². The van der Waals surface area contributed by atoms with Gasteiger partial charge in [0.25, 0.3) is 0 Å². The van der Waals surface area contributed by atoms with Gasteiger partial charge in [-0.25, -0.2) is 4.98 Å². The third kappa shape index (κ3) is 2.46. The lowest BCUT2D eigenvalue weighted by molar-refractivity contribution is 0.484. The second-order valence-electron chi connectivity index (χ2n) is 5.28. The minimum absolute atomic E-state index is 0.372. The summed E-state index contributed by atoms with van der Waals surface area (Å²) in [4.78, 5) is 4.51. The maximum atomic E-state index is 6.11. The molecule has 2 heterocycles. The molecule has 106 valence electrons. The van der Waals surface area contributed by atoms with E-state index in [1.807, 2.05) is 11.7 Å². The summed E-state index contributed by atoms with van der Waals surface area (Å²) in [5.41, 5.74) is 9.15. The molecule has 2 rings (SSSR count). The van der Waals surface area contributed by atoms with Crippen molar-refractivity contribution in [1.82, 2.24) is 19.3 Å². The first-order valence-electron chi connectivity index (χ1n) is 7.29. The molecule has 0 aliphatic heterocycles. The third-order valence-electron chi connectivity index (χ3n) is 3.76. The number of aromatic nitrogens is 4. The number of imidazole rings is 1. The molecule has 0 amide bonds. The standard InChI is InChI=1S/C14H25N5/c1-5-7-8-9-10(3)19-13-12(16-14(19)15)11(6-2)17-18(13)4/h10H,5-9H2,1-4H3,(H2,15,16). The summed E-state index contributed by atoms with van der Waals surface area (Å²) >= 11 is 0. The summed E-state index contributed by atoms with van der Waals surface area (Å²) in [7, 11) is 1.97. The smallest absolute Gasteiger partial charge is 0.202 e. The molecule has 1 unspecified atom stereocenters. The monoisotopic (exact) mass is 263 g/mol. The lowest BCUT2D eigenvalue weighted by atomic mass is 10.1. The van der Waals surface area contributed by atoms with Gasteiger partial charge in [-0.05, 0) is 19.8 Å². The molecule has 0 spiro atoms. The van der Waals surface area contributed by atoms with Crippen LogP contribution in [0, 0.1) is 0 Å². The van der Waals surface area contributed by atoms with Crippen LogP contribution in [0.1, 0.15) is 58.2 Å². The summed E-state index contributed by atoms with van der Waals surface area (Å²) < 4.78 is 4.05. The normalized spacial score (nSPS) is 13.3. The zero-order chi connectivity index (χ0) is 14.0. The van der Waals surface area contributed by atoms with Gasteiger partial charge in [0.1, 0.15) is 5.52 Å². The molecular formula is C14H25N5. The highest BCUT2D eigenvalue weighted by Gasteiger charge is 2.20. The van der Waals surface area contributed by atoms with Crippen LogP contribution in [0.4, 0.5) is 5.95 Å². The number of hydrogen-bond acceptors (Lipinski definition) is 3. The summed E-state index contributed by atoms with van der Waals surface area (Å²) in [5.74, 6) is 0.613. The molecule has 0 saturated carbocycles. The first kappa shape index (κ1) is 13.9. The van der Waals surface area contributed by atoms with Gasteiger partial charge in [0.2, 0.25) is 5.95 Å². The van der Waals surface area contributed by atoms with Gasteiger partial charge in [-0.1, -0.05) is 33.1 Å². The molecule has 2 aromatic rings. The quantitative estimate of drug-likeness (QED) is 0.815. The van der Waals surface area contributed by atoms with E-state index in [4.69, 9.17) is 5.73 Å². The maximum absolute atomic E-state index is 6.11. The molecule has 5 nitrogen and oxygen atoms in total. The summed E-state index contributed by atoms with van der Waals surface area (Å²) in [6.45, 7) is 6.54. The van der Waals surface area contributed by atoms with Crippen molar-refractivity contribution < 1.29 is 0 Å². The summed E-state index contributed by atoms with van der Waals surface area (Å²) in [5, 5.41) is 4.53. The highest BCUT2D eigenvalue weighted by Crippen LogP contribution is 2.27. The topological polar surface area (TPSA) is 61.7 Å². The van der Waals surface area contributed by atoms with Gasteiger partial charge in [0.15, 0.2) is 5.65 Å². The van der Waals surface area contributed by atoms with E-state index in [1.54, 1.807) is 0 Å². The van der Waals surface area contributed by atoms with Gasteiger partial charge in [-0.3, -0.25) is 9.25 Å². The van der Waals surface area contributed by atoms with Crippen molar-refractivity contribution in [3.05, 3.63) is 5.69 Å². The van der Waals surface area contributed by atoms with Crippen molar-refractivity contribution in [2.45, 2.75) is 58.9 Å². The summed E-state index contributed by atoms with van der Waals surface area (Å²) in [6.07, 6.45) is 5.77. The molecule has 2 aromatic heterocycles. The molecule has 0 radical (unpaired) electrons. The molecule has 0 fully saturated rings. The van der Waals surface area contributed by atoms with Crippen LogP contribution in [0.2, 0.25) is 0 Å². The highest BCUT2D eigenvalue weighted by molar-refractivity contribution is 5.78. The second kappa shape index (κ2) is 5.63. The van der Waals surface area contributed by atoms with Crippen LogP contribution in [0.5, 0.6) is 0 Å². The van der Waals surface area contributed by atoms with Gasteiger partial charge in [0, 0.05) is 13.1 Å². The van der Waals surface area contributed by atoms with Crippen LogP contribution in [0.3, 0.4) is 0 Å². The largest absolute Gasteiger partial charge is 0.369 e. The van der Waals surface area contributed by atoms with Crippen molar-refractivity contribution in [3.63, 3.8) is 0 Å². The second-order valence-corrected chi connectivity index (χ2v) is 5.28. The van der Waals surface area contributed by atoms with E-state index in [1.165, 1.54) is 19.3 Å². The third-order valence-corrected chi connectivity index (χ3v) is 3.76. The van der Waals surface area contributed by atoms with Gasteiger partial charge < -0.3 is 5.73 Å². The van der Waals surface area contributed by atoms with E-state index in [9.17, 15) is 0 Å². The lowest BCUT2D eigenvalue weighted by Crippen LogP contribution is -2.11. The maximum Gasteiger partial charge on any atom is 0.202 e. The number of anilines is 1. The van der Waals surface area contributed by atoms with E-state index in [-0.39, 0.29) is 0 Å². The van der Waals surface area contributed by atoms with Gasteiger partial charge >= 0.3 is 0 Å². The minimum atomic E-state index is 0.372. The molecule has 0 aliphatic rings. The predicted molar refractivity (Wildman–Crippen MR) is 79.1 cm³/mol. The van der Waals surface area contributed by atoms with Crippen LogP contribution < -0.4 is 5.73 Å². The fourth-order valence-electron chi connectivity index (χ4n) is 2.71. The number of hydrogen-bond donors (Lipinski definition) is 1. The van der Waals surface area contributed by atoms with Crippen molar-refractivity contribution in [3.8, 4) is 0 Å². The van der Waals surface area contributed by atoms with E-state index in [0.717, 1.165) is 29.7 Å². The number of rotatable bonds is 6. The highest BCUT2D eigenvalue weighted by atomic mass is 15.4. The first-order chi connectivity index (χ1) is 9.10. The number of fused-ring (bicyclic) bond motifs is 1. The van der Waals surface area contributed by atoms with Crippen LogP contribution in [0.25, 0.3) is 11.2 Å². The van der Waals surface area contributed by atoms with Crippen LogP contribution in [-0.2, 0) is 13.5 Å². The average Bonchev–Trinajstić information content (AvgIpc) is 2.86. The Hall–Kier alpha value is -1.52. The fraction of sp³-hybridized carbons (Fsp3) is 0.714. The van der Waals surface area contributed by atoms with Crippen molar-refractivity contribution in [2.75, 3.05) is 5.73 Å². The molecule has 0 aromatic carbocycles. The minimum Gasteiger partial charge on any atom is -0.369 e.